The SMILES string of the molecule is Cc1ccc(C)c(CNc2cc(Br)ccc2NC(=O)CCc2ccncc2)c1. The van der Waals surface area contributed by atoms with Crippen LogP contribution >= 0.6 is 15.9 Å². The average Bonchev–Trinajstić information content (AvgIpc) is 2.69. The Morgan fingerprint density at radius 2 is 1.79 bits per heavy atom. The predicted octanol–water partition coefficient (Wildman–Crippen LogP) is 5.64. The Morgan fingerprint density at radius 3 is 2.57 bits per heavy atom. The van der Waals surface area contributed by atoms with E-state index in [9.17, 15) is 4.79 Å². The number of hydrogen-bond acceptors (Lipinski definition) is 3. The standard InChI is InChI=1S/C23H24BrN3O/c1-16-3-4-17(2)19(13-16)15-26-22-14-20(24)6-7-21(22)27-23(28)8-5-18-9-11-25-12-10-18/h3-4,6-7,9-14,26H,5,8,15H2,1-2H3,(H,27,28). The van der Waals surface area contributed by atoms with E-state index in [2.05, 4.69) is 63.6 Å². The minimum Gasteiger partial charge on any atom is -0.379 e. The summed E-state index contributed by atoms with van der Waals surface area (Å²) in [6.07, 6.45) is 4.61. The fraction of sp³-hybridized carbons (Fsp3) is 0.217. The van der Waals surface area contributed by atoms with Crippen LogP contribution in [0.1, 0.15) is 28.7 Å². The summed E-state index contributed by atoms with van der Waals surface area (Å²) in [4.78, 5) is 16.4. The molecular formula is C23H24BrN3O. The second-order valence-electron chi connectivity index (χ2n) is 6.88. The lowest BCUT2D eigenvalue weighted by atomic mass is 10.1. The lowest BCUT2D eigenvalue weighted by molar-refractivity contribution is -0.116. The van der Waals surface area contributed by atoms with Gasteiger partial charge in [0, 0.05) is 29.8 Å². The van der Waals surface area contributed by atoms with Crippen LogP contribution in [0.3, 0.4) is 0 Å². The molecule has 0 saturated carbocycles. The zero-order valence-corrected chi connectivity index (χ0v) is 17.7. The molecule has 0 spiro atoms. The molecule has 0 unspecified atom stereocenters. The van der Waals surface area contributed by atoms with Crippen molar-refractivity contribution in [1.82, 2.24) is 4.98 Å². The van der Waals surface area contributed by atoms with Gasteiger partial charge in [0.25, 0.3) is 0 Å². The molecule has 144 valence electrons. The van der Waals surface area contributed by atoms with Gasteiger partial charge < -0.3 is 10.6 Å². The number of halogens is 1. The van der Waals surface area contributed by atoms with E-state index in [1.165, 1.54) is 16.7 Å². The highest BCUT2D eigenvalue weighted by Crippen LogP contribution is 2.27. The highest BCUT2D eigenvalue weighted by atomic mass is 79.9. The van der Waals surface area contributed by atoms with Gasteiger partial charge in [-0.05, 0) is 67.3 Å². The van der Waals surface area contributed by atoms with E-state index in [0.717, 1.165) is 21.4 Å². The number of anilines is 2. The molecule has 0 aliphatic heterocycles. The van der Waals surface area contributed by atoms with E-state index in [1.807, 2.05) is 30.3 Å². The van der Waals surface area contributed by atoms with Crippen molar-refractivity contribution < 1.29 is 4.79 Å². The van der Waals surface area contributed by atoms with Crippen molar-refractivity contribution in [2.75, 3.05) is 10.6 Å². The molecule has 0 bridgehead atoms. The smallest absolute Gasteiger partial charge is 0.224 e. The van der Waals surface area contributed by atoms with Crippen LogP contribution in [-0.2, 0) is 17.8 Å². The first-order valence-corrected chi connectivity index (χ1v) is 10.1. The first kappa shape index (κ1) is 20.1. The molecule has 0 aliphatic rings. The molecule has 2 aromatic carbocycles. The zero-order valence-electron chi connectivity index (χ0n) is 16.1. The minimum absolute atomic E-state index is 0.00563. The number of pyridine rings is 1. The predicted molar refractivity (Wildman–Crippen MR) is 119 cm³/mol. The van der Waals surface area contributed by atoms with Crippen molar-refractivity contribution in [2.24, 2.45) is 0 Å². The molecule has 0 fully saturated rings. The molecule has 0 saturated heterocycles. The van der Waals surface area contributed by atoms with Gasteiger partial charge in [-0.3, -0.25) is 9.78 Å². The summed E-state index contributed by atoms with van der Waals surface area (Å²) in [5.41, 5.74) is 6.52. The summed E-state index contributed by atoms with van der Waals surface area (Å²) < 4.78 is 0.964. The number of amides is 1. The Bertz CT molecular complexity index is 957. The van der Waals surface area contributed by atoms with E-state index in [0.29, 0.717) is 19.4 Å². The van der Waals surface area contributed by atoms with Crippen molar-refractivity contribution in [3.8, 4) is 0 Å². The molecule has 2 N–H and O–H groups in total. The van der Waals surface area contributed by atoms with Gasteiger partial charge in [0.1, 0.15) is 0 Å². The number of aryl methyl sites for hydroxylation is 3. The van der Waals surface area contributed by atoms with Gasteiger partial charge in [-0.15, -0.1) is 0 Å². The summed E-state index contributed by atoms with van der Waals surface area (Å²) in [5, 5.41) is 6.50. The minimum atomic E-state index is -0.00563. The molecule has 4 nitrogen and oxygen atoms in total. The molecule has 1 amide bonds. The lowest BCUT2D eigenvalue weighted by Gasteiger charge is -2.15. The normalized spacial score (nSPS) is 10.5. The highest BCUT2D eigenvalue weighted by molar-refractivity contribution is 9.10. The van der Waals surface area contributed by atoms with Crippen LogP contribution in [0.15, 0.2) is 65.4 Å². The van der Waals surface area contributed by atoms with Crippen molar-refractivity contribution in [3.05, 3.63) is 87.7 Å². The molecular weight excluding hydrogens is 414 g/mol. The summed E-state index contributed by atoms with van der Waals surface area (Å²) in [5.74, 6) is -0.00563. The van der Waals surface area contributed by atoms with Gasteiger partial charge in [-0.2, -0.15) is 0 Å². The molecule has 0 atom stereocenters. The average molecular weight is 438 g/mol. The van der Waals surface area contributed by atoms with Crippen LogP contribution in [-0.4, -0.2) is 10.9 Å². The zero-order chi connectivity index (χ0) is 19.9. The Morgan fingerprint density at radius 1 is 1.00 bits per heavy atom. The Balaban J connectivity index is 1.66. The number of nitrogens with zero attached hydrogens (tertiary/aromatic N) is 1. The van der Waals surface area contributed by atoms with Crippen LogP contribution in [0.5, 0.6) is 0 Å². The van der Waals surface area contributed by atoms with Crippen LogP contribution in [0.25, 0.3) is 0 Å². The summed E-state index contributed by atoms with van der Waals surface area (Å²) in [6, 6.07) is 16.1. The van der Waals surface area contributed by atoms with Gasteiger partial charge in [-0.25, -0.2) is 0 Å². The van der Waals surface area contributed by atoms with Crippen molar-refractivity contribution >= 4 is 33.2 Å². The maximum atomic E-state index is 12.4. The quantitative estimate of drug-likeness (QED) is 0.502. The van der Waals surface area contributed by atoms with Crippen LogP contribution in [0.2, 0.25) is 0 Å². The van der Waals surface area contributed by atoms with E-state index >= 15 is 0 Å². The van der Waals surface area contributed by atoms with Gasteiger partial charge in [0.05, 0.1) is 11.4 Å². The third-order valence-electron chi connectivity index (χ3n) is 4.62. The van der Waals surface area contributed by atoms with Gasteiger partial charge in [-0.1, -0.05) is 39.7 Å². The Hall–Kier alpha value is -2.66. The fourth-order valence-corrected chi connectivity index (χ4v) is 3.33. The number of hydrogen-bond donors (Lipinski definition) is 2. The maximum Gasteiger partial charge on any atom is 0.224 e. The maximum absolute atomic E-state index is 12.4. The molecule has 1 heterocycles. The van der Waals surface area contributed by atoms with E-state index < -0.39 is 0 Å². The molecule has 3 rings (SSSR count). The van der Waals surface area contributed by atoms with Crippen LogP contribution < -0.4 is 10.6 Å². The molecule has 0 radical (unpaired) electrons. The van der Waals surface area contributed by atoms with Crippen molar-refractivity contribution in [2.45, 2.75) is 33.2 Å². The first-order chi connectivity index (χ1) is 13.5. The third-order valence-corrected chi connectivity index (χ3v) is 5.11. The van der Waals surface area contributed by atoms with Gasteiger partial charge in [0.2, 0.25) is 5.91 Å². The van der Waals surface area contributed by atoms with Gasteiger partial charge in [0.15, 0.2) is 0 Å². The van der Waals surface area contributed by atoms with E-state index in [4.69, 9.17) is 0 Å². The largest absolute Gasteiger partial charge is 0.379 e. The molecule has 5 heteroatoms. The topological polar surface area (TPSA) is 54.0 Å². The van der Waals surface area contributed by atoms with Crippen LogP contribution in [0, 0.1) is 13.8 Å². The lowest BCUT2D eigenvalue weighted by Crippen LogP contribution is -2.14. The number of aromatic nitrogens is 1. The number of rotatable bonds is 7. The van der Waals surface area contributed by atoms with Crippen LogP contribution in [0.4, 0.5) is 11.4 Å². The molecule has 3 aromatic rings. The summed E-state index contributed by atoms with van der Waals surface area (Å²) >= 11 is 3.52. The first-order valence-electron chi connectivity index (χ1n) is 9.29. The van der Waals surface area contributed by atoms with E-state index in [1.54, 1.807) is 12.4 Å². The second-order valence-corrected chi connectivity index (χ2v) is 7.79. The second kappa shape index (κ2) is 9.51. The van der Waals surface area contributed by atoms with Gasteiger partial charge >= 0.3 is 0 Å². The molecule has 28 heavy (non-hydrogen) atoms. The fourth-order valence-electron chi connectivity index (χ4n) is 2.97. The Kier molecular flexibility index (Phi) is 6.82. The monoisotopic (exact) mass is 437 g/mol. The molecule has 1 aromatic heterocycles. The van der Waals surface area contributed by atoms with E-state index in [-0.39, 0.29) is 5.91 Å². The third kappa shape index (κ3) is 5.67. The Labute approximate surface area is 174 Å². The number of carbonyl (C=O) groups is 1. The molecule has 0 aliphatic carbocycles. The highest BCUT2D eigenvalue weighted by Gasteiger charge is 2.09. The van der Waals surface area contributed by atoms with Crippen molar-refractivity contribution in [1.29, 1.82) is 0 Å². The summed E-state index contributed by atoms with van der Waals surface area (Å²) in [7, 11) is 0. The number of nitrogens with one attached hydrogen (secondary N) is 2. The van der Waals surface area contributed by atoms with Crippen molar-refractivity contribution in [3.63, 3.8) is 0 Å². The number of carbonyl (C=O) groups excluding carboxylic acids is 1. The summed E-state index contributed by atoms with van der Waals surface area (Å²) in [6.45, 7) is 4.90. The number of benzene rings is 2.